The third-order valence-corrected chi connectivity index (χ3v) is 1.53. The molecule has 0 saturated heterocycles. The minimum absolute atomic E-state index is 0.169. The van der Waals surface area contributed by atoms with Crippen LogP contribution < -0.4 is 5.11 Å². The Labute approximate surface area is 59.1 Å². The Morgan fingerprint density at radius 3 is 2.30 bits per heavy atom. The molecule has 10 heavy (non-hydrogen) atoms. The van der Waals surface area contributed by atoms with E-state index in [-0.39, 0.29) is 6.42 Å². The number of carbonyl (C=O) groups excluding carboxylic acids is 1. The molecule has 0 unspecified atom stereocenters. The molecule has 0 heterocycles. The highest BCUT2D eigenvalue weighted by atomic mass is 16.4. The molecule has 0 spiro atoms. The van der Waals surface area contributed by atoms with E-state index in [9.17, 15) is 9.90 Å². The number of aliphatic hydroxyl groups excluding tert-OH is 1. The average molecular weight is 147 g/mol. The highest BCUT2D eigenvalue weighted by Gasteiger charge is 2.28. The van der Waals surface area contributed by atoms with Gasteiger partial charge in [-0.1, -0.05) is 6.92 Å². The van der Waals surface area contributed by atoms with Gasteiger partial charge in [-0.3, -0.25) is 0 Å². The molecule has 0 aliphatic rings. The van der Waals surface area contributed by atoms with Crippen LogP contribution in [-0.2, 0) is 4.79 Å². The summed E-state index contributed by atoms with van der Waals surface area (Å²) in [6.07, 6.45) is -1.64. The maximum Gasteiger partial charge on any atom is 0.122 e. The van der Waals surface area contributed by atoms with E-state index in [0.717, 1.165) is 0 Å². The van der Waals surface area contributed by atoms with E-state index in [4.69, 9.17) is 10.2 Å². The fraction of sp³-hybridized carbons (Fsp3) is 0.833. The first-order valence-corrected chi connectivity index (χ1v) is 3.03. The average Bonchev–Trinajstić information content (AvgIpc) is 1.86. The fourth-order valence-corrected chi connectivity index (χ4v) is 0.447. The number of hydrogen-bond donors (Lipinski definition) is 2. The lowest BCUT2D eigenvalue weighted by Gasteiger charge is -2.27. The van der Waals surface area contributed by atoms with Crippen molar-refractivity contribution in [3.05, 3.63) is 0 Å². The fourth-order valence-electron chi connectivity index (χ4n) is 0.447. The molecule has 0 bridgehead atoms. The summed E-state index contributed by atoms with van der Waals surface area (Å²) in [5.41, 5.74) is -1.58. The molecule has 0 aliphatic carbocycles. The maximum atomic E-state index is 9.98. The topological polar surface area (TPSA) is 80.6 Å². The van der Waals surface area contributed by atoms with Gasteiger partial charge in [-0.05, 0) is 13.3 Å². The second-order valence-electron chi connectivity index (χ2n) is 2.43. The van der Waals surface area contributed by atoms with Crippen molar-refractivity contribution in [3.63, 3.8) is 0 Å². The molecule has 4 nitrogen and oxygen atoms in total. The van der Waals surface area contributed by atoms with E-state index in [0.29, 0.717) is 0 Å². The molecule has 4 heteroatoms. The van der Waals surface area contributed by atoms with Crippen molar-refractivity contribution in [3.8, 4) is 0 Å². The number of aliphatic carboxylic acids is 1. The number of aliphatic hydroxyl groups is 2. The zero-order valence-electron chi connectivity index (χ0n) is 6.00. The normalized spacial score (nSPS) is 19.6. The lowest BCUT2D eigenvalue weighted by Crippen LogP contribution is -2.50. The van der Waals surface area contributed by atoms with Crippen LogP contribution in [0.15, 0.2) is 0 Å². The number of rotatable bonds is 3. The van der Waals surface area contributed by atoms with Crippen LogP contribution in [0.3, 0.4) is 0 Å². The van der Waals surface area contributed by atoms with Crippen LogP contribution in [0.2, 0.25) is 0 Å². The summed E-state index contributed by atoms with van der Waals surface area (Å²) in [4.78, 5) is 9.98. The van der Waals surface area contributed by atoms with Crippen LogP contribution >= 0.6 is 0 Å². The highest BCUT2D eigenvalue weighted by molar-refractivity contribution is 5.71. The van der Waals surface area contributed by atoms with Crippen LogP contribution in [0.25, 0.3) is 0 Å². The van der Waals surface area contributed by atoms with Crippen molar-refractivity contribution in [1.82, 2.24) is 0 Å². The van der Waals surface area contributed by atoms with Gasteiger partial charge in [-0.15, -0.1) is 0 Å². The molecular weight excluding hydrogens is 136 g/mol. The first-order chi connectivity index (χ1) is 4.41. The first kappa shape index (κ1) is 9.39. The van der Waals surface area contributed by atoms with Gasteiger partial charge < -0.3 is 20.1 Å². The van der Waals surface area contributed by atoms with Gasteiger partial charge in [-0.2, -0.15) is 0 Å². The number of hydrogen-bond acceptors (Lipinski definition) is 4. The highest BCUT2D eigenvalue weighted by Crippen LogP contribution is 2.12. The Bertz CT molecular complexity index is 130. The van der Waals surface area contributed by atoms with Gasteiger partial charge in [0.05, 0.1) is 11.6 Å². The van der Waals surface area contributed by atoms with Crippen LogP contribution in [0, 0.1) is 0 Å². The van der Waals surface area contributed by atoms with Gasteiger partial charge in [0.1, 0.15) is 6.10 Å². The molecule has 0 saturated carbocycles. The second kappa shape index (κ2) is 2.98. The molecule has 0 aromatic heterocycles. The molecule has 0 aromatic rings. The molecule has 0 aliphatic heterocycles. The van der Waals surface area contributed by atoms with E-state index < -0.39 is 17.7 Å². The standard InChI is InChI=1S/C6H12O4/c1-3-6(2,10)4(7)5(8)9/h4,7,10H,3H2,1-2H3,(H,8,9)/p-1/t4-,6+/m0/s1. The minimum atomic E-state index is -1.81. The first-order valence-electron chi connectivity index (χ1n) is 3.03. The lowest BCUT2D eigenvalue weighted by molar-refractivity contribution is -0.321. The molecular formula is C6H11O4-. The third kappa shape index (κ3) is 1.97. The van der Waals surface area contributed by atoms with Crippen LogP contribution in [0.5, 0.6) is 0 Å². The molecule has 60 valence electrons. The predicted molar refractivity (Wildman–Crippen MR) is 31.9 cm³/mol. The summed E-state index contributed by atoms with van der Waals surface area (Å²) >= 11 is 0. The van der Waals surface area contributed by atoms with E-state index in [1.54, 1.807) is 6.92 Å². The third-order valence-electron chi connectivity index (χ3n) is 1.53. The van der Waals surface area contributed by atoms with Crippen molar-refractivity contribution in [2.45, 2.75) is 32.0 Å². The predicted octanol–water partition coefficient (Wildman–Crippen LogP) is -1.74. The van der Waals surface area contributed by atoms with Crippen molar-refractivity contribution >= 4 is 5.97 Å². The summed E-state index contributed by atoms with van der Waals surface area (Å²) < 4.78 is 0. The van der Waals surface area contributed by atoms with Crippen LogP contribution in [0.1, 0.15) is 20.3 Å². The SMILES string of the molecule is CC[C@@](C)(O)[C@@H](O)C(=O)[O-]. The van der Waals surface area contributed by atoms with Gasteiger partial charge in [0.25, 0.3) is 0 Å². The van der Waals surface area contributed by atoms with E-state index >= 15 is 0 Å². The smallest absolute Gasteiger partial charge is 0.122 e. The minimum Gasteiger partial charge on any atom is -0.547 e. The largest absolute Gasteiger partial charge is 0.547 e. The molecule has 0 radical (unpaired) electrons. The van der Waals surface area contributed by atoms with Gasteiger partial charge in [0.15, 0.2) is 0 Å². The van der Waals surface area contributed by atoms with Crippen LogP contribution in [-0.4, -0.2) is 27.9 Å². The Balaban J connectivity index is 4.17. The lowest BCUT2D eigenvalue weighted by atomic mass is 9.96. The Kier molecular flexibility index (Phi) is 2.80. The summed E-state index contributed by atoms with van der Waals surface area (Å²) in [5.74, 6) is -1.65. The molecule has 2 atom stereocenters. The number of carbonyl (C=O) groups is 1. The summed E-state index contributed by atoms with van der Waals surface area (Å²) in [5, 5.41) is 27.8. The Morgan fingerprint density at radius 1 is 1.80 bits per heavy atom. The zero-order chi connectivity index (χ0) is 8.36. The molecule has 0 fully saturated rings. The quantitative estimate of drug-likeness (QED) is 0.496. The summed E-state index contributed by atoms with van der Waals surface area (Å²) in [6.45, 7) is 2.82. The van der Waals surface area contributed by atoms with E-state index in [1.807, 2.05) is 0 Å². The summed E-state index contributed by atoms with van der Waals surface area (Å²) in [7, 11) is 0. The zero-order valence-corrected chi connectivity index (χ0v) is 6.00. The van der Waals surface area contributed by atoms with E-state index in [2.05, 4.69) is 0 Å². The second-order valence-corrected chi connectivity index (χ2v) is 2.43. The molecule has 0 aromatic carbocycles. The van der Waals surface area contributed by atoms with Crippen molar-refractivity contribution in [1.29, 1.82) is 0 Å². The van der Waals surface area contributed by atoms with Gasteiger partial charge in [-0.25, -0.2) is 0 Å². The van der Waals surface area contributed by atoms with Crippen molar-refractivity contribution < 1.29 is 20.1 Å². The molecule has 0 amide bonds. The van der Waals surface area contributed by atoms with Gasteiger partial charge in [0, 0.05) is 0 Å². The van der Waals surface area contributed by atoms with E-state index in [1.165, 1.54) is 6.92 Å². The summed E-state index contributed by atoms with van der Waals surface area (Å²) in [6, 6.07) is 0. The number of carboxylic acid groups (broad SMARTS) is 1. The van der Waals surface area contributed by atoms with Crippen molar-refractivity contribution in [2.75, 3.05) is 0 Å². The Morgan fingerprint density at radius 2 is 2.20 bits per heavy atom. The number of carboxylic acids is 1. The van der Waals surface area contributed by atoms with Gasteiger partial charge >= 0.3 is 0 Å². The Hall–Kier alpha value is -0.610. The maximum absolute atomic E-state index is 9.98. The van der Waals surface area contributed by atoms with Crippen LogP contribution in [0.4, 0.5) is 0 Å². The monoisotopic (exact) mass is 147 g/mol. The van der Waals surface area contributed by atoms with Gasteiger partial charge in [0.2, 0.25) is 0 Å². The molecule has 2 N–H and O–H groups in total. The molecule has 0 rings (SSSR count). The van der Waals surface area contributed by atoms with Crippen molar-refractivity contribution in [2.24, 2.45) is 0 Å².